The Morgan fingerprint density at radius 3 is 2.81 bits per heavy atom. The van der Waals surface area contributed by atoms with Crippen LogP contribution in [-0.2, 0) is 0 Å². The molecule has 3 nitrogen and oxygen atoms in total. The maximum atomic E-state index is 11.9. The molecule has 0 spiro atoms. The highest BCUT2D eigenvalue weighted by Gasteiger charge is 2.31. The van der Waals surface area contributed by atoms with Gasteiger partial charge in [0.15, 0.2) is 9.99 Å². The second-order valence-corrected chi connectivity index (χ2v) is 4.81. The summed E-state index contributed by atoms with van der Waals surface area (Å²) in [6.07, 6.45) is -1.84. The Bertz CT molecular complexity index is 511. The number of halogens is 3. The van der Waals surface area contributed by atoms with E-state index in [1.807, 2.05) is 6.26 Å². The number of hydrogen-bond donors (Lipinski definition) is 0. The van der Waals surface area contributed by atoms with Gasteiger partial charge < -0.3 is 4.74 Å². The molecule has 0 fully saturated rings. The van der Waals surface area contributed by atoms with E-state index in [2.05, 4.69) is 14.7 Å². The largest absolute Gasteiger partial charge is 0.573 e. The molecule has 0 unspecified atom stereocenters. The van der Waals surface area contributed by atoms with Gasteiger partial charge in [-0.3, -0.25) is 0 Å². The molecule has 2 aromatic rings. The van der Waals surface area contributed by atoms with E-state index < -0.39 is 6.36 Å². The SMILES string of the molecule is CSc1nc2ncc(OC(F)(F)F)cc2s1. The van der Waals surface area contributed by atoms with Gasteiger partial charge in [-0.25, -0.2) is 9.97 Å². The van der Waals surface area contributed by atoms with Crippen molar-refractivity contribution in [3.63, 3.8) is 0 Å². The number of fused-ring (bicyclic) bond motifs is 1. The Kier molecular flexibility index (Phi) is 2.94. The molecule has 0 aliphatic rings. The molecular formula is C8H5F3N2OS2. The number of thioether (sulfide) groups is 1. The summed E-state index contributed by atoms with van der Waals surface area (Å²) in [4.78, 5) is 7.90. The number of rotatable bonds is 2. The quantitative estimate of drug-likeness (QED) is 0.781. The third-order valence-corrected chi connectivity index (χ3v) is 3.59. The fourth-order valence-electron chi connectivity index (χ4n) is 1.06. The first kappa shape index (κ1) is 11.5. The average Bonchev–Trinajstić information content (AvgIpc) is 2.57. The Hall–Kier alpha value is -1.02. The highest BCUT2D eigenvalue weighted by molar-refractivity contribution is 8.00. The molecule has 0 aromatic carbocycles. The normalized spacial score (nSPS) is 12.0. The number of hydrogen-bond acceptors (Lipinski definition) is 5. The predicted molar refractivity (Wildman–Crippen MR) is 55.9 cm³/mol. The van der Waals surface area contributed by atoms with Crippen LogP contribution in [0.15, 0.2) is 16.6 Å². The van der Waals surface area contributed by atoms with Crippen molar-refractivity contribution in [1.29, 1.82) is 0 Å². The van der Waals surface area contributed by atoms with Crippen LogP contribution in [0.4, 0.5) is 13.2 Å². The van der Waals surface area contributed by atoms with Crippen LogP contribution in [0.5, 0.6) is 5.75 Å². The van der Waals surface area contributed by atoms with Gasteiger partial charge in [-0.05, 0) is 6.26 Å². The summed E-state index contributed by atoms with van der Waals surface area (Å²) in [5.41, 5.74) is 0.434. The fourth-order valence-corrected chi connectivity index (χ4v) is 2.52. The van der Waals surface area contributed by atoms with Crippen LogP contribution in [-0.4, -0.2) is 22.6 Å². The van der Waals surface area contributed by atoms with Crippen LogP contribution in [0.25, 0.3) is 10.3 Å². The number of thiazole rings is 1. The molecule has 0 aliphatic heterocycles. The predicted octanol–water partition coefficient (Wildman–Crippen LogP) is 3.31. The first-order valence-corrected chi connectivity index (χ1v) is 6.08. The van der Waals surface area contributed by atoms with Crippen LogP contribution in [0.2, 0.25) is 0 Å². The van der Waals surface area contributed by atoms with Gasteiger partial charge in [0, 0.05) is 6.07 Å². The van der Waals surface area contributed by atoms with Crippen molar-refractivity contribution in [2.45, 2.75) is 10.7 Å². The Morgan fingerprint density at radius 1 is 1.44 bits per heavy atom. The molecule has 0 bridgehead atoms. The molecule has 0 N–H and O–H groups in total. The lowest BCUT2D eigenvalue weighted by atomic mass is 10.4. The van der Waals surface area contributed by atoms with Gasteiger partial charge in [-0.15, -0.1) is 24.5 Å². The third-order valence-electron chi connectivity index (χ3n) is 1.61. The second kappa shape index (κ2) is 4.10. The number of alkyl halides is 3. The van der Waals surface area contributed by atoms with Gasteiger partial charge in [-0.2, -0.15) is 0 Å². The van der Waals surface area contributed by atoms with E-state index in [4.69, 9.17) is 0 Å². The molecule has 0 amide bonds. The van der Waals surface area contributed by atoms with Crippen LogP contribution in [0, 0.1) is 0 Å². The molecule has 2 aromatic heterocycles. The van der Waals surface area contributed by atoms with Crippen molar-refractivity contribution in [2.75, 3.05) is 6.26 Å². The van der Waals surface area contributed by atoms with Crippen molar-refractivity contribution in [1.82, 2.24) is 9.97 Å². The van der Waals surface area contributed by atoms with E-state index in [9.17, 15) is 13.2 Å². The van der Waals surface area contributed by atoms with Crippen LogP contribution < -0.4 is 4.74 Å². The highest BCUT2D eigenvalue weighted by atomic mass is 32.2. The summed E-state index contributed by atoms with van der Waals surface area (Å²) < 4.78 is 40.9. The second-order valence-electron chi connectivity index (χ2n) is 2.72. The molecule has 86 valence electrons. The van der Waals surface area contributed by atoms with Crippen molar-refractivity contribution in [2.24, 2.45) is 0 Å². The van der Waals surface area contributed by atoms with Gasteiger partial charge in [-0.1, -0.05) is 11.8 Å². The molecule has 0 radical (unpaired) electrons. The van der Waals surface area contributed by atoms with Crippen LogP contribution in [0.1, 0.15) is 0 Å². The molecule has 2 rings (SSSR count). The zero-order valence-electron chi connectivity index (χ0n) is 7.91. The van der Waals surface area contributed by atoms with Gasteiger partial charge in [0.2, 0.25) is 0 Å². The first-order chi connectivity index (χ1) is 7.48. The van der Waals surface area contributed by atoms with Crippen molar-refractivity contribution in [3.8, 4) is 5.75 Å². The summed E-state index contributed by atoms with van der Waals surface area (Å²) in [7, 11) is 0. The minimum atomic E-state index is -4.69. The molecule has 0 aliphatic carbocycles. The molecule has 0 saturated heterocycles. The van der Waals surface area contributed by atoms with Gasteiger partial charge in [0.25, 0.3) is 0 Å². The minimum absolute atomic E-state index is 0.323. The highest BCUT2D eigenvalue weighted by Crippen LogP contribution is 2.30. The topological polar surface area (TPSA) is 35.0 Å². The van der Waals surface area contributed by atoms with Crippen molar-refractivity contribution in [3.05, 3.63) is 12.3 Å². The maximum Gasteiger partial charge on any atom is 0.573 e. The lowest BCUT2D eigenvalue weighted by Crippen LogP contribution is -2.17. The minimum Gasteiger partial charge on any atom is -0.404 e. The summed E-state index contributed by atoms with van der Waals surface area (Å²) >= 11 is 2.70. The zero-order valence-corrected chi connectivity index (χ0v) is 9.54. The molecular weight excluding hydrogens is 261 g/mol. The molecule has 0 atom stereocenters. The molecule has 0 saturated carbocycles. The van der Waals surface area contributed by atoms with Crippen molar-refractivity contribution >= 4 is 33.4 Å². The van der Waals surface area contributed by atoms with Crippen LogP contribution in [0.3, 0.4) is 0 Å². The lowest BCUT2D eigenvalue weighted by molar-refractivity contribution is -0.274. The summed E-state index contributed by atoms with van der Waals surface area (Å²) in [6, 6.07) is 1.28. The zero-order chi connectivity index (χ0) is 11.8. The maximum absolute atomic E-state index is 11.9. The monoisotopic (exact) mass is 266 g/mol. The number of nitrogens with zero attached hydrogens (tertiary/aromatic N) is 2. The Labute approximate surface area is 96.7 Å². The van der Waals surface area contributed by atoms with E-state index in [0.717, 1.165) is 10.5 Å². The standard InChI is InChI=1S/C8H5F3N2OS2/c1-15-7-13-6-5(16-7)2-4(3-12-6)14-8(9,10)11/h2-3H,1H3. The van der Waals surface area contributed by atoms with E-state index >= 15 is 0 Å². The van der Waals surface area contributed by atoms with Crippen LogP contribution >= 0.6 is 23.1 Å². The summed E-state index contributed by atoms with van der Waals surface area (Å²) in [6.45, 7) is 0. The average molecular weight is 266 g/mol. The van der Waals surface area contributed by atoms with Crippen molar-refractivity contribution < 1.29 is 17.9 Å². The number of ether oxygens (including phenoxy) is 1. The number of aromatic nitrogens is 2. The Balaban J connectivity index is 2.36. The van der Waals surface area contributed by atoms with Gasteiger partial charge in [0.05, 0.1) is 10.9 Å². The number of pyridine rings is 1. The van der Waals surface area contributed by atoms with E-state index in [0.29, 0.717) is 10.3 Å². The van der Waals surface area contributed by atoms with Gasteiger partial charge in [0.1, 0.15) is 5.75 Å². The Morgan fingerprint density at radius 2 is 2.19 bits per heavy atom. The van der Waals surface area contributed by atoms with Gasteiger partial charge >= 0.3 is 6.36 Å². The summed E-state index contributed by atoms with van der Waals surface area (Å²) in [5.74, 6) is -0.323. The van der Waals surface area contributed by atoms with E-state index in [1.165, 1.54) is 29.2 Å². The molecule has 2 heterocycles. The van der Waals surface area contributed by atoms with E-state index in [1.54, 1.807) is 0 Å². The van der Waals surface area contributed by atoms with E-state index in [-0.39, 0.29) is 5.75 Å². The fraction of sp³-hybridized carbons (Fsp3) is 0.250. The molecule has 16 heavy (non-hydrogen) atoms. The summed E-state index contributed by atoms with van der Waals surface area (Å²) in [5, 5.41) is 0. The molecule has 8 heteroatoms. The first-order valence-electron chi connectivity index (χ1n) is 4.04. The lowest BCUT2D eigenvalue weighted by Gasteiger charge is -2.07. The smallest absolute Gasteiger partial charge is 0.404 e. The third kappa shape index (κ3) is 2.56.